The van der Waals surface area contributed by atoms with Crippen LogP contribution in [0.15, 0.2) is 35.3 Å². The lowest BCUT2D eigenvalue weighted by Crippen LogP contribution is -2.47. The molecule has 3 N–H and O–H groups in total. The van der Waals surface area contributed by atoms with Gasteiger partial charge in [-0.1, -0.05) is 18.2 Å². The van der Waals surface area contributed by atoms with Crippen LogP contribution in [0, 0.1) is 5.92 Å². The third-order valence-corrected chi connectivity index (χ3v) is 4.99. The monoisotopic (exact) mass is 373 g/mol. The molecule has 6 nitrogen and oxygen atoms in total. The molecular formula is C21H35N5O. The SMILES string of the molecule is CCNC(=NCCCN(CC)c1ccccc1)N1CCCC(CC(N)=O)C1. The van der Waals surface area contributed by atoms with Crippen LogP contribution in [-0.2, 0) is 4.79 Å². The second-order valence-electron chi connectivity index (χ2n) is 7.13. The number of nitrogens with zero attached hydrogens (tertiary/aromatic N) is 3. The first-order chi connectivity index (χ1) is 13.1. The van der Waals surface area contributed by atoms with Gasteiger partial charge in [-0.15, -0.1) is 0 Å². The molecular weight excluding hydrogens is 338 g/mol. The van der Waals surface area contributed by atoms with Gasteiger partial charge >= 0.3 is 0 Å². The fourth-order valence-corrected chi connectivity index (χ4v) is 3.69. The van der Waals surface area contributed by atoms with E-state index in [9.17, 15) is 4.79 Å². The van der Waals surface area contributed by atoms with Gasteiger partial charge in [-0.2, -0.15) is 0 Å². The van der Waals surface area contributed by atoms with E-state index in [-0.39, 0.29) is 5.91 Å². The summed E-state index contributed by atoms with van der Waals surface area (Å²) in [7, 11) is 0. The summed E-state index contributed by atoms with van der Waals surface area (Å²) in [6.07, 6.45) is 3.63. The minimum absolute atomic E-state index is 0.204. The van der Waals surface area contributed by atoms with Crippen LogP contribution in [0.3, 0.4) is 0 Å². The molecule has 27 heavy (non-hydrogen) atoms. The number of likely N-dealkylation sites (tertiary alicyclic amines) is 1. The van der Waals surface area contributed by atoms with Gasteiger partial charge < -0.3 is 20.9 Å². The molecule has 1 amide bonds. The number of guanidine groups is 1. The number of hydrogen-bond acceptors (Lipinski definition) is 3. The maximum Gasteiger partial charge on any atom is 0.217 e. The number of carbonyl (C=O) groups is 1. The first-order valence-corrected chi connectivity index (χ1v) is 10.3. The first-order valence-electron chi connectivity index (χ1n) is 10.3. The van der Waals surface area contributed by atoms with E-state index in [0.717, 1.165) is 64.5 Å². The number of aliphatic imine (C=N–C) groups is 1. The average Bonchev–Trinajstić information content (AvgIpc) is 2.67. The molecule has 0 bridgehead atoms. The topological polar surface area (TPSA) is 74.0 Å². The molecule has 1 aromatic rings. The zero-order chi connectivity index (χ0) is 19.5. The Balaban J connectivity index is 1.88. The summed E-state index contributed by atoms with van der Waals surface area (Å²) in [5.41, 5.74) is 6.65. The van der Waals surface area contributed by atoms with Crippen molar-refractivity contribution in [2.75, 3.05) is 44.2 Å². The summed E-state index contributed by atoms with van der Waals surface area (Å²) in [5.74, 6) is 1.10. The van der Waals surface area contributed by atoms with Crippen molar-refractivity contribution in [3.05, 3.63) is 30.3 Å². The lowest BCUT2D eigenvalue weighted by atomic mass is 9.95. The highest BCUT2D eigenvalue weighted by Gasteiger charge is 2.23. The molecule has 1 atom stereocenters. The van der Waals surface area contributed by atoms with Crippen molar-refractivity contribution in [3.63, 3.8) is 0 Å². The van der Waals surface area contributed by atoms with E-state index in [2.05, 4.69) is 59.3 Å². The van der Waals surface area contributed by atoms with E-state index >= 15 is 0 Å². The largest absolute Gasteiger partial charge is 0.372 e. The number of rotatable bonds is 9. The van der Waals surface area contributed by atoms with Crippen LogP contribution in [-0.4, -0.2) is 56.0 Å². The number of benzene rings is 1. The van der Waals surface area contributed by atoms with E-state index in [4.69, 9.17) is 10.7 Å². The third kappa shape index (κ3) is 7.12. The minimum Gasteiger partial charge on any atom is -0.372 e. The number of primary amides is 1. The predicted octanol–water partition coefficient (Wildman–Crippen LogP) is 2.46. The molecule has 1 aliphatic rings. The second kappa shape index (κ2) is 11.5. The number of amides is 1. The van der Waals surface area contributed by atoms with E-state index in [1.165, 1.54) is 5.69 Å². The Hall–Kier alpha value is -2.24. The fraction of sp³-hybridized carbons (Fsp3) is 0.619. The van der Waals surface area contributed by atoms with Gasteiger partial charge in [-0.25, -0.2) is 0 Å². The minimum atomic E-state index is -0.204. The van der Waals surface area contributed by atoms with Crippen molar-refractivity contribution in [1.82, 2.24) is 10.2 Å². The zero-order valence-electron chi connectivity index (χ0n) is 16.9. The van der Waals surface area contributed by atoms with Crippen LogP contribution in [0.1, 0.15) is 39.5 Å². The highest BCUT2D eigenvalue weighted by atomic mass is 16.1. The molecule has 1 unspecified atom stereocenters. The summed E-state index contributed by atoms with van der Waals surface area (Å²) in [6, 6.07) is 10.5. The molecule has 1 aliphatic heterocycles. The fourth-order valence-electron chi connectivity index (χ4n) is 3.69. The Labute approximate surface area is 163 Å². The van der Waals surface area contributed by atoms with Gasteiger partial charge in [0.05, 0.1) is 0 Å². The zero-order valence-corrected chi connectivity index (χ0v) is 16.9. The van der Waals surface area contributed by atoms with Gasteiger partial charge in [-0.05, 0) is 51.2 Å². The van der Waals surface area contributed by atoms with Crippen molar-refractivity contribution >= 4 is 17.6 Å². The van der Waals surface area contributed by atoms with E-state index < -0.39 is 0 Å². The van der Waals surface area contributed by atoms with Gasteiger partial charge in [0.25, 0.3) is 0 Å². The number of carbonyl (C=O) groups excluding carboxylic acids is 1. The third-order valence-electron chi connectivity index (χ3n) is 4.99. The van der Waals surface area contributed by atoms with E-state index in [1.54, 1.807) is 0 Å². The van der Waals surface area contributed by atoms with Crippen molar-refractivity contribution in [1.29, 1.82) is 0 Å². The van der Waals surface area contributed by atoms with Crippen LogP contribution in [0.4, 0.5) is 5.69 Å². The van der Waals surface area contributed by atoms with Crippen molar-refractivity contribution in [2.45, 2.75) is 39.5 Å². The van der Waals surface area contributed by atoms with Crippen molar-refractivity contribution in [2.24, 2.45) is 16.6 Å². The van der Waals surface area contributed by atoms with Gasteiger partial charge in [0, 0.05) is 51.4 Å². The molecule has 0 aliphatic carbocycles. The van der Waals surface area contributed by atoms with Crippen LogP contribution >= 0.6 is 0 Å². The highest BCUT2D eigenvalue weighted by Crippen LogP contribution is 2.19. The number of hydrogen-bond donors (Lipinski definition) is 2. The standard InChI is InChI=1S/C21H35N5O/c1-3-23-21(26-14-8-10-18(17-26)16-20(22)27)24-13-9-15-25(4-2)19-11-6-5-7-12-19/h5-7,11-12,18H,3-4,8-10,13-17H2,1-2H3,(H2,22,27)(H,23,24). The molecule has 1 fully saturated rings. The van der Waals surface area contributed by atoms with Crippen molar-refractivity contribution < 1.29 is 4.79 Å². The Morgan fingerprint density at radius 3 is 2.78 bits per heavy atom. The maximum atomic E-state index is 11.2. The quantitative estimate of drug-likeness (QED) is 0.396. The summed E-state index contributed by atoms with van der Waals surface area (Å²) in [5, 5.41) is 3.41. The number of piperidine rings is 1. The normalized spacial score (nSPS) is 17.6. The molecule has 1 saturated heterocycles. The van der Waals surface area contributed by atoms with Crippen LogP contribution in [0.25, 0.3) is 0 Å². The molecule has 2 rings (SSSR count). The van der Waals surface area contributed by atoms with Gasteiger partial charge in [0.1, 0.15) is 0 Å². The van der Waals surface area contributed by atoms with Gasteiger partial charge in [0.2, 0.25) is 5.91 Å². The van der Waals surface area contributed by atoms with Crippen molar-refractivity contribution in [3.8, 4) is 0 Å². The van der Waals surface area contributed by atoms with Crippen LogP contribution in [0.2, 0.25) is 0 Å². The molecule has 1 aromatic carbocycles. The van der Waals surface area contributed by atoms with Crippen LogP contribution < -0.4 is 16.0 Å². The lowest BCUT2D eigenvalue weighted by molar-refractivity contribution is -0.119. The predicted molar refractivity (Wildman–Crippen MR) is 113 cm³/mol. The lowest BCUT2D eigenvalue weighted by Gasteiger charge is -2.34. The Morgan fingerprint density at radius 2 is 2.11 bits per heavy atom. The van der Waals surface area contributed by atoms with Crippen LogP contribution in [0.5, 0.6) is 0 Å². The average molecular weight is 374 g/mol. The maximum absolute atomic E-state index is 11.2. The van der Waals surface area contributed by atoms with E-state index in [0.29, 0.717) is 12.3 Å². The summed E-state index contributed by atoms with van der Waals surface area (Å²) in [6.45, 7) is 9.76. The van der Waals surface area contributed by atoms with E-state index in [1.807, 2.05) is 0 Å². The smallest absolute Gasteiger partial charge is 0.217 e. The molecule has 150 valence electrons. The Morgan fingerprint density at radius 1 is 1.33 bits per heavy atom. The highest BCUT2D eigenvalue weighted by molar-refractivity contribution is 5.80. The molecule has 0 spiro atoms. The molecule has 0 saturated carbocycles. The second-order valence-corrected chi connectivity index (χ2v) is 7.13. The molecule has 6 heteroatoms. The number of nitrogens with two attached hydrogens (primary N) is 1. The summed E-state index contributed by atoms with van der Waals surface area (Å²) < 4.78 is 0. The molecule has 0 radical (unpaired) electrons. The Kier molecular flexibility index (Phi) is 8.95. The summed E-state index contributed by atoms with van der Waals surface area (Å²) >= 11 is 0. The van der Waals surface area contributed by atoms with Gasteiger partial charge in [-0.3, -0.25) is 9.79 Å². The number of anilines is 1. The molecule has 0 aromatic heterocycles. The number of para-hydroxylation sites is 1. The number of nitrogens with one attached hydrogen (secondary N) is 1. The Bertz CT molecular complexity index is 589. The molecule has 1 heterocycles. The summed E-state index contributed by atoms with van der Waals surface area (Å²) in [4.78, 5) is 20.8. The van der Waals surface area contributed by atoms with Gasteiger partial charge in [0.15, 0.2) is 5.96 Å². The first kappa shape index (κ1) is 21.1.